The van der Waals surface area contributed by atoms with E-state index in [2.05, 4.69) is 10.8 Å². The second-order valence-corrected chi connectivity index (χ2v) is 10.0. The first kappa shape index (κ1) is 22.3. The van der Waals surface area contributed by atoms with Crippen LogP contribution < -0.4 is 0 Å². The van der Waals surface area contributed by atoms with Gasteiger partial charge in [-0.3, -0.25) is 8.74 Å². The summed E-state index contributed by atoms with van der Waals surface area (Å²) in [5, 5.41) is -0.0528. The van der Waals surface area contributed by atoms with Crippen molar-refractivity contribution in [2.24, 2.45) is 0 Å². The first-order valence-electron chi connectivity index (χ1n) is 7.92. The number of hydrogen-bond acceptors (Lipinski definition) is 8. The minimum Gasteiger partial charge on any atom is -0.388 e. The highest BCUT2D eigenvalue weighted by Gasteiger charge is 2.37. The van der Waals surface area contributed by atoms with Crippen molar-refractivity contribution in [2.75, 3.05) is 6.61 Å². The van der Waals surface area contributed by atoms with Gasteiger partial charge < -0.3 is 4.18 Å². The highest BCUT2D eigenvalue weighted by atomic mass is 32.2. The second-order valence-electron chi connectivity index (χ2n) is 5.58. The molecular formula is C16H18O9S3. The third-order valence-electron chi connectivity index (χ3n) is 3.63. The van der Waals surface area contributed by atoms with Gasteiger partial charge in [0, 0.05) is 5.39 Å². The number of fused-ring (bicyclic) bond motifs is 1. The zero-order valence-corrected chi connectivity index (χ0v) is 17.2. The van der Waals surface area contributed by atoms with Gasteiger partial charge in [0.15, 0.2) is 0 Å². The van der Waals surface area contributed by atoms with Crippen molar-refractivity contribution < 1.29 is 38.2 Å². The van der Waals surface area contributed by atoms with Gasteiger partial charge in [0.2, 0.25) is 0 Å². The molecule has 0 radical (unpaired) electrons. The third-order valence-corrected chi connectivity index (χ3v) is 7.48. The van der Waals surface area contributed by atoms with Crippen LogP contribution in [-0.2, 0) is 38.7 Å². The summed E-state index contributed by atoms with van der Waals surface area (Å²) in [7, 11) is -14.9. The van der Waals surface area contributed by atoms with E-state index in [0.29, 0.717) is 19.1 Å². The van der Waals surface area contributed by atoms with Gasteiger partial charge in [-0.15, -0.1) is 0 Å². The van der Waals surface area contributed by atoms with Crippen LogP contribution in [0.2, 0.25) is 0 Å². The third kappa shape index (κ3) is 4.52. The Morgan fingerprint density at radius 1 is 1.04 bits per heavy atom. The van der Waals surface area contributed by atoms with E-state index in [9.17, 15) is 29.8 Å². The Morgan fingerprint density at radius 3 is 2.25 bits per heavy atom. The largest absolute Gasteiger partial charge is 0.388 e. The van der Waals surface area contributed by atoms with Crippen molar-refractivity contribution in [3.8, 4) is 0 Å². The summed E-state index contributed by atoms with van der Waals surface area (Å²) in [4.78, 5) is -3.33. The van der Waals surface area contributed by atoms with Gasteiger partial charge in [0.1, 0.15) is 14.7 Å². The molecular weight excluding hydrogens is 432 g/mol. The topological polar surface area (TPSA) is 141 Å². The van der Waals surface area contributed by atoms with Crippen molar-refractivity contribution in [3.63, 3.8) is 0 Å². The van der Waals surface area contributed by atoms with E-state index in [1.165, 1.54) is 24.3 Å². The minimum absolute atomic E-state index is 0.0605. The summed E-state index contributed by atoms with van der Waals surface area (Å²) >= 11 is 0. The highest BCUT2D eigenvalue weighted by molar-refractivity contribution is 7.91. The fraction of sp³-hybridized carbons (Fsp3) is 0.250. The summed E-state index contributed by atoms with van der Waals surface area (Å²) in [5.41, 5.74) is 0. The molecule has 0 saturated heterocycles. The van der Waals surface area contributed by atoms with Gasteiger partial charge in [0.05, 0.1) is 12.9 Å². The molecule has 0 aliphatic heterocycles. The maximum Gasteiger partial charge on any atom is 0.341 e. The monoisotopic (exact) mass is 450 g/mol. The van der Waals surface area contributed by atoms with Crippen LogP contribution in [0.25, 0.3) is 10.8 Å². The van der Waals surface area contributed by atoms with E-state index >= 15 is 0 Å². The minimum atomic E-state index is -5.15. The Labute approximate surface area is 163 Å². The van der Waals surface area contributed by atoms with Gasteiger partial charge in [0.25, 0.3) is 20.2 Å². The van der Waals surface area contributed by atoms with Crippen LogP contribution in [0.5, 0.6) is 0 Å². The molecule has 2 rings (SSSR count). The molecule has 0 fully saturated rings. The maximum atomic E-state index is 12.8. The average Bonchev–Trinajstić information content (AvgIpc) is 2.59. The fourth-order valence-electron chi connectivity index (χ4n) is 2.46. The summed E-state index contributed by atoms with van der Waals surface area (Å²) < 4.78 is 93.3. The number of hydrogen-bond donors (Lipinski definition) is 1. The Bertz CT molecular complexity index is 1210. The normalized spacial score (nSPS) is 12.8. The van der Waals surface area contributed by atoms with E-state index < -0.39 is 45.0 Å². The Hall–Kier alpha value is -1.99. The molecule has 2 aromatic carbocycles. The summed E-state index contributed by atoms with van der Waals surface area (Å²) in [6, 6.07) is 6.41. The van der Waals surface area contributed by atoms with E-state index in [-0.39, 0.29) is 17.4 Å². The van der Waals surface area contributed by atoms with E-state index in [1.807, 2.05) is 0 Å². The fourth-order valence-corrected chi connectivity index (χ4v) is 6.53. The van der Waals surface area contributed by atoms with Crippen LogP contribution >= 0.6 is 0 Å². The zero-order valence-electron chi connectivity index (χ0n) is 14.7. The molecule has 0 aliphatic carbocycles. The van der Waals surface area contributed by atoms with E-state index in [1.54, 1.807) is 6.92 Å². The molecule has 9 nitrogen and oxygen atoms in total. The Kier molecular flexibility index (Phi) is 6.51. The lowest BCUT2D eigenvalue weighted by Crippen LogP contribution is -2.18. The Balaban J connectivity index is 3.06. The van der Waals surface area contributed by atoms with Crippen molar-refractivity contribution in [2.45, 2.75) is 34.5 Å². The molecule has 0 spiro atoms. The molecule has 0 amide bonds. The summed E-state index contributed by atoms with van der Waals surface area (Å²) in [6.45, 7) is 4.63. The van der Waals surface area contributed by atoms with Crippen LogP contribution in [0.15, 0.2) is 57.9 Å². The van der Waals surface area contributed by atoms with E-state index in [0.717, 1.165) is 6.07 Å². The van der Waals surface area contributed by atoms with Crippen molar-refractivity contribution in [1.29, 1.82) is 0 Å². The first-order valence-corrected chi connectivity index (χ1v) is 12.2. The number of unbranched alkanes of at least 4 members (excludes halogenated alkanes) is 1. The SMILES string of the molecule is C=COS(=O)(=O)c1c(S(=O)(=O)O)cc2ccccc2c1S(=O)(=O)OCCCC. The lowest BCUT2D eigenvalue weighted by Gasteiger charge is -2.16. The molecule has 0 aromatic heterocycles. The number of rotatable bonds is 9. The van der Waals surface area contributed by atoms with Crippen LogP contribution in [0.1, 0.15) is 19.8 Å². The lowest BCUT2D eigenvalue weighted by molar-refractivity contribution is 0.309. The van der Waals surface area contributed by atoms with Gasteiger partial charge in [-0.1, -0.05) is 44.2 Å². The van der Waals surface area contributed by atoms with Gasteiger partial charge in [-0.05, 0) is 17.9 Å². The lowest BCUT2D eigenvalue weighted by atomic mass is 10.1. The molecule has 154 valence electrons. The van der Waals surface area contributed by atoms with Crippen molar-refractivity contribution in [3.05, 3.63) is 43.2 Å². The molecule has 0 unspecified atom stereocenters. The molecule has 0 atom stereocenters. The molecule has 0 heterocycles. The van der Waals surface area contributed by atoms with E-state index in [4.69, 9.17) is 4.18 Å². The second kappa shape index (κ2) is 8.17. The van der Waals surface area contributed by atoms with Crippen LogP contribution in [-0.4, -0.2) is 36.4 Å². The molecule has 0 aliphatic rings. The summed E-state index contributed by atoms with van der Waals surface area (Å²) in [5.74, 6) is 0. The summed E-state index contributed by atoms with van der Waals surface area (Å²) in [6.07, 6.45) is 1.46. The standard InChI is InChI=1S/C16H18O9S3/c1-3-5-10-25-27(20,21)15-13-9-7-6-8-12(13)11-14(26(17,18)19)16(15)28(22,23)24-4-2/h4,6-9,11H,2-3,5,10H2,1H3,(H,17,18,19). The zero-order chi connectivity index (χ0) is 21.2. The maximum absolute atomic E-state index is 12.8. The first-order chi connectivity index (χ1) is 13.0. The Morgan fingerprint density at radius 2 is 1.68 bits per heavy atom. The predicted octanol–water partition coefficient (Wildman–Crippen LogP) is 2.44. The molecule has 0 saturated carbocycles. The molecule has 2 aromatic rings. The van der Waals surface area contributed by atoms with Crippen molar-refractivity contribution in [1.82, 2.24) is 0 Å². The van der Waals surface area contributed by atoms with Crippen LogP contribution in [0, 0.1) is 0 Å². The molecule has 12 heteroatoms. The average molecular weight is 451 g/mol. The molecule has 28 heavy (non-hydrogen) atoms. The van der Waals surface area contributed by atoms with Gasteiger partial charge >= 0.3 is 10.1 Å². The molecule has 0 bridgehead atoms. The van der Waals surface area contributed by atoms with Crippen LogP contribution in [0.4, 0.5) is 0 Å². The van der Waals surface area contributed by atoms with Gasteiger partial charge in [-0.2, -0.15) is 25.3 Å². The molecule has 1 N–H and O–H groups in total. The smallest absolute Gasteiger partial charge is 0.341 e. The highest BCUT2D eigenvalue weighted by Crippen LogP contribution is 2.37. The van der Waals surface area contributed by atoms with Crippen LogP contribution in [0.3, 0.4) is 0 Å². The number of benzene rings is 2. The van der Waals surface area contributed by atoms with Gasteiger partial charge in [-0.25, -0.2) is 0 Å². The predicted molar refractivity (Wildman–Crippen MR) is 100 cm³/mol. The van der Waals surface area contributed by atoms with Crippen molar-refractivity contribution >= 4 is 41.1 Å². The quantitative estimate of drug-likeness (QED) is 0.264.